The summed E-state index contributed by atoms with van der Waals surface area (Å²) >= 11 is 13.7. The van der Waals surface area contributed by atoms with E-state index in [-0.39, 0.29) is 0 Å². The van der Waals surface area contributed by atoms with Gasteiger partial charge in [0.2, 0.25) is 0 Å². The summed E-state index contributed by atoms with van der Waals surface area (Å²) in [5.41, 5.74) is 2.27. The van der Waals surface area contributed by atoms with Gasteiger partial charge in [-0.15, -0.1) is 11.8 Å². The highest BCUT2D eigenvalue weighted by Gasteiger charge is 2.18. The Morgan fingerprint density at radius 2 is 2.16 bits per heavy atom. The summed E-state index contributed by atoms with van der Waals surface area (Å²) in [6.45, 7) is 0.339. The molecule has 0 unspecified atom stereocenters. The molecule has 8 heteroatoms. The van der Waals surface area contributed by atoms with Gasteiger partial charge >= 0.3 is 6.09 Å². The second kappa shape index (κ2) is 7.99. The SMILES string of the molecule is COC(=O)Nc1ccccc1CSC1=Nc2cc(Cl)cc(Cl)c2OC1. The standard InChI is InChI=1S/C17H14Cl2N2O3S/c1-23-17(22)21-13-5-3-2-4-10(13)9-25-15-8-24-16-12(19)6-11(18)7-14(16)20-15/h2-7H,8-9H2,1H3,(H,21,22). The van der Waals surface area contributed by atoms with Crippen LogP contribution in [0.3, 0.4) is 0 Å². The summed E-state index contributed by atoms with van der Waals surface area (Å²) in [7, 11) is 1.33. The molecule has 0 aromatic heterocycles. The molecule has 0 atom stereocenters. The number of anilines is 1. The number of halogens is 2. The van der Waals surface area contributed by atoms with Gasteiger partial charge in [-0.25, -0.2) is 9.79 Å². The van der Waals surface area contributed by atoms with Gasteiger partial charge in [0.1, 0.15) is 17.3 Å². The van der Waals surface area contributed by atoms with E-state index in [1.54, 1.807) is 12.1 Å². The van der Waals surface area contributed by atoms with Crippen LogP contribution < -0.4 is 10.1 Å². The number of aliphatic imine (C=N–C) groups is 1. The zero-order valence-electron chi connectivity index (χ0n) is 13.2. The van der Waals surface area contributed by atoms with Crippen LogP contribution >= 0.6 is 35.0 Å². The van der Waals surface area contributed by atoms with E-state index in [1.165, 1.54) is 18.9 Å². The number of ether oxygens (including phenoxy) is 2. The predicted octanol–water partition coefficient (Wildman–Crippen LogP) is 5.53. The minimum Gasteiger partial charge on any atom is -0.483 e. The summed E-state index contributed by atoms with van der Waals surface area (Å²) in [5, 5.41) is 4.46. The van der Waals surface area contributed by atoms with E-state index >= 15 is 0 Å². The number of rotatable bonds is 3. The van der Waals surface area contributed by atoms with Gasteiger partial charge in [0.05, 0.1) is 12.1 Å². The zero-order chi connectivity index (χ0) is 17.8. The molecule has 0 saturated carbocycles. The summed E-state index contributed by atoms with van der Waals surface area (Å²) in [6.07, 6.45) is -0.506. The average Bonchev–Trinajstić information content (AvgIpc) is 2.60. The highest BCUT2D eigenvalue weighted by atomic mass is 35.5. The number of amides is 1. The van der Waals surface area contributed by atoms with Crippen LogP contribution in [0, 0.1) is 0 Å². The van der Waals surface area contributed by atoms with Gasteiger partial charge in [0, 0.05) is 16.5 Å². The van der Waals surface area contributed by atoms with Crippen molar-refractivity contribution in [2.75, 3.05) is 19.0 Å². The fourth-order valence-corrected chi connectivity index (χ4v) is 3.65. The monoisotopic (exact) mass is 396 g/mol. The number of hydrogen-bond donors (Lipinski definition) is 1. The number of carbonyl (C=O) groups excluding carboxylic acids is 1. The summed E-state index contributed by atoms with van der Waals surface area (Å²) < 4.78 is 10.3. The lowest BCUT2D eigenvalue weighted by Crippen LogP contribution is -2.14. The third kappa shape index (κ3) is 4.39. The molecule has 1 N–H and O–H groups in total. The number of nitrogens with one attached hydrogen (secondary N) is 1. The Balaban J connectivity index is 1.74. The summed E-state index contributed by atoms with van der Waals surface area (Å²) in [4.78, 5) is 16.0. The van der Waals surface area contributed by atoms with Crippen LogP contribution in [0.4, 0.5) is 16.2 Å². The quantitative estimate of drug-likeness (QED) is 0.740. The number of fused-ring (bicyclic) bond motifs is 1. The number of nitrogens with zero attached hydrogens (tertiary/aromatic N) is 1. The topological polar surface area (TPSA) is 59.9 Å². The van der Waals surface area contributed by atoms with Gasteiger partial charge in [0.15, 0.2) is 5.75 Å². The molecule has 0 saturated heterocycles. The van der Waals surface area contributed by atoms with Crippen LogP contribution in [0.5, 0.6) is 5.75 Å². The zero-order valence-corrected chi connectivity index (χ0v) is 15.5. The Bertz CT molecular complexity index is 843. The fourth-order valence-electron chi connectivity index (χ4n) is 2.24. The van der Waals surface area contributed by atoms with Gasteiger partial charge in [-0.1, -0.05) is 41.4 Å². The molecule has 1 heterocycles. The Morgan fingerprint density at radius 1 is 1.36 bits per heavy atom. The Morgan fingerprint density at radius 3 is 2.96 bits per heavy atom. The maximum absolute atomic E-state index is 11.4. The largest absolute Gasteiger partial charge is 0.483 e. The van der Waals surface area contributed by atoms with Crippen molar-refractivity contribution in [3.8, 4) is 5.75 Å². The molecule has 2 aromatic carbocycles. The average molecular weight is 397 g/mol. The lowest BCUT2D eigenvalue weighted by atomic mass is 10.2. The third-order valence-corrected chi connectivity index (χ3v) is 4.90. The van der Waals surface area contributed by atoms with Crippen molar-refractivity contribution in [3.05, 3.63) is 52.0 Å². The van der Waals surface area contributed by atoms with Gasteiger partial charge in [-0.2, -0.15) is 0 Å². The van der Waals surface area contributed by atoms with Crippen LogP contribution in [0.15, 0.2) is 41.4 Å². The Labute approximate surface area is 159 Å². The van der Waals surface area contributed by atoms with Gasteiger partial charge in [-0.3, -0.25) is 5.32 Å². The van der Waals surface area contributed by atoms with Gasteiger partial charge in [0.25, 0.3) is 0 Å². The molecule has 130 valence electrons. The van der Waals surface area contributed by atoms with E-state index in [4.69, 9.17) is 27.9 Å². The molecule has 0 fully saturated rings. The van der Waals surface area contributed by atoms with Crippen LogP contribution in [-0.4, -0.2) is 24.9 Å². The molecule has 0 bridgehead atoms. The first-order valence-electron chi connectivity index (χ1n) is 7.32. The number of methoxy groups -OCH3 is 1. The molecule has 0 spiro atoms. The summed E-state index contributed by atoms with van der Waals surface area (Å²) in [5.74, 6) is 1.16. The lowest BCUT2D eigenvalue weighted by molar-refractivity contribution is 0.187. The van der Waals surface area contributed by atoms with Gasteiger partial charge < -0.3 is 9.47 Å². The second-order valence-electron chi connectivity index (χ2n) is 5.09. The summed E-state index contributed by atoms with van der Waals surface area (Å²) in [6, 6.07) is 10.9. The second-order valence-corrected chi connectivity index (χ2v) is 6.98. The number of carbonyl (C=O) groups is 1. The highest BCUT2D eigenvalue weighted by molar-refractivity contribution is 8.13. The van der Waals surface area contributed by atoms with Crippen LogP contribution in [0.2, 0.25) is 10.0 Å². The molecular formula is C17H14Cl2N2O3S. The van der Waals surface area contributed by atoms with Crippen LogP contribution in [0.25, 0.3) is 0 Å². The number of benzene rings is 2. The van der Waals surface area contributed by atoms with E-state index in [2.05, 4.69) is 15.0 Å². The molecule has 0 aliphatic carbocycles. The molecule has 2 aromatic rings. The van der Waals surface area contributed by atoms with E-state index in [9.17, 15) is 4.79 Å². The van der Waals surface area contributed by atoms with Crippen LogP contribution in [0.1, 0.15) is 5.56 Å². The van der Waals surface area contributed by atoms with E-state index in [1.807, 2.05) is 24.3 Å². The molecular weight excluding hydrogens is 383 g/mol. The molecule has 1 amide bonds. The molecule has 25 heavy (non-hydrogen) atoms. The number of thioether (sulfide) groups is 1. The first kappa shape index (κ1) is 17.9. The maximum Gasteiger partial charge on any atom is 0.411 e. The highest BCUT2D eigenvalue weighted by Crippen LogP contribution is 2.41. The number of hydrogen-bond acceptors (Lipinski definition) is 5. The normalized spacial score (nSPS) is 12.7. The minimum atomic E-state index is -0.506. The maximum atomic E-state index is 11.4. The first-order valence-corrected chi connectivity index (χ1v) is 9.06. The molecule has 5 nitrogen and oxygen atoms in total. The van der Waals surface area contributed by atoms with Gasteiger partial charge in [-0.05, 0) is 23.8 Å². The molecule has 3 rings (SSSR count). The fraction of sp³-hybridized carbons (Fsp3) is 0.176. The molecule has 1 aliphatic rings. The van der Waals surface area contributed by atoms with E-state index < -0.39 is 6.09 Å². The van der Waals surface area contributed by atoms with Crippen molar-refractivity contribution < 1.29 is 14.3 Å². The minimum absolute atomic E-state index is 0.339. The van der Waals surface area contributed by atoms with Crippen molar-refractivity contribution in [1.29, 1.82) is 0 Å². The Kier molecular flexibility index (Phi) is 5.73. The van der Waals surface area contributed by atoms with E-state index in [0.717, 1.165) is 10.6 Å². The first-order chi connectivity index (χ1) is 12.1. The Hall–Kier alpha value is -1.89. The van der Waals surface area contributed by atoms with Crippen molar-refractivity contribution >= 4 is 57.5 Å². The van der Waals surface area contributed by atoms with Crippen molar-refractivity contribution in [2.45, 2.75) is 5.75 Å². The molecule has 0 radical (unpaired) electrons. The smallest absolute Gasteiger partial charge is 0.411 e. The van der Waals surface area contributed by atoms with E-state index in [0.29, 0.717) is 39.5 Å². The lowest BCUT2D eigenvalue weighted by Gasteiger charge is -2.18. The predicted molar refractivity (Wildman–Crippen MR) is 103 cm³/mol. The molecule has 1 aliphatic heterocycles. The number of para-hydroxylation sites is 1. The van der Waals surface area contributed by atoms with Crippen molar-refractivity contribution in [1.82, 2.24) is 0 Å². The third-order valence-electron chi connectivity index (χ3n) is 3.41. The van der Waals surface area contributed by atoms with Crippen molar-refractivity contribution in [3.63, 3.8) is 0 Å². The van der Waals surface area contributed by atoms with Crippen molar-refractivity contribution in [2.24, 2.45) is 4.99 Å². The van der Waals surface area contributed by atoms with Crippen LogP contribution in [-0.2, 0) is 10.5 Å².